The van der Waals surface area contributed by atoms with Crippen LogP contribution in [-0.2, 0) is 6.61 Å². The van der Waals surface area contributed by atoms with Gasteiger partial charge in [0, 0.05) is 9.38 Å². The van der Waals surface area contributed by atoms with Crippen LogP contribution in [0.25, 0.3) is 6.08 Å². The first-order valence-corrected chi connectivity index (χ1v) is 9.76. The number of nitrogens with zero attached hydrogens (tertiary/aromatic N) is 4. The zero-order chi connectivity index (χ0) is 19.7. The molecule has 0 spiro atoms. The predicted molar refractivity (Wildman–Crippen MR) is 105 cm³/mol. The highest BCUT2D eigenvalue weighted by atomic mass is 79.9. The van der Waals surface area contributed by atoms with Crippen LogP contribution in [0, 0.1) is 0 Å². The van der Waals surface area contributed by atoms with Crippen molar-refractivity contribution in [1.82, 2.24) is 14.9 Å². The van der Waals surface area contributed by atoms with Crippen LogP contribution in [0.4, 0.5) is 8.78 Å². The van der Waals surface area contributed by atoms with E-state index in [-0.39, 0.29) is 11.8 Å². The molecule has 1 aliphatic heterocycles. The molecule has 0 unspecified atom stereocenters. The van der Waals surface area contributed by atoms with E-state index in [1.807, 2.05) is 36.4 Å². The van der Waals surface area contributed by atoms with Crippen molar-refractivity contribution in [3.63, 3.8) is 0 Å². The number of thioether (sulfide) groups is 1. The largest absolute Gasteiger partial charge is 0.486 e. The van der Waals surface area contributed by atoms with Crippen molar-refractivity contribution < 1.29 is 17.9 Å². The first-order chi connectivity index (χ1) is 13.5. The molecule has 144 valence electrons. The number of hydrogen-bond acceptors (Lipinski definition) is 6. The minimum absolute atomic E-state index is 0.284. The minimum Gasteiger partial charge on any atom is -0.486 e. The van der Waals surface area contributed by atoms with E-state index in [1.165, 1.54) is 11.8 Å². The van der Waals surface area contributed by atoms with Crippen LogP contribution in [-0.4, -0.2) is 20.6 Å². The summed E-state index contributed by atoms with van der Waals surface area (Å²) in [6.45, 7) is 2.02. The van der Waals surface area contributed by atoms with Gasteiger partial charge in [-0.25, -0.2) is 8.78 Å². The van der Waals surface area contributed by atoms with Gasteiger partial charge in [0.25, 0.3) is 6.43 Å². The normalized spacial score (nSPS) is 15.0. The SMILES string of the molecule is CC1=Nn2c(nnc2C(F)F)SC1=Cc1ccc(COc2cccc(Br)c2)o1. The zero-order valence-electron chi connectivity index (χ0n) is 14.5. The average Bonchev–Trinajstić information content (AvgIpc) is 3.27. The number of alkyl halides is 2. The minimum atomic E-state index is -2.73. The summed E-state index contributed by atoms with van der Waals surface area (Å²) in [5.74, 6) is 1.52. The van der Waals surface area contributed by atoms with Crippen LogP contribution in [0.3, 0.4) is 0 Å². The highest BCUT2D eigenvalue weighted by Crippen LogP contribution is 2.34. The molecular weight excluding hydrogens is 454 g/mol. The summed E-state index contributed by atoms with van der Waals surface area (Å²) in [7, 11) is 0. The molecule has 0 bridgehead atoms. The summed E-state index contributed by atoms with van der Waals surface area (Å²) in [5.41, 5.74) is 0.572. The van der Waals surface area contributed by atoms with Crippen molar-refractivity contribution in [1.29, 1.82) is 0 Å². The van der Waals surface area contributed by atoms with Crippen molar-refractivity contribution in [2.45, 2.75) is 25.1 Å². The lowest BCUT2D eigenvalue weighted by Gasteiger charge is -2.13. The molecule has 3 heterocycles. The van der Waals surface area contributed by atoms with Crippen LogP contribution in [0.15, 0.2) is 60.5 Å². The lowest BCUT2D eigenvalue weighted by molar-refractivity contribution is 0.135. The summed E-state index contributed by atoms with van der Waals surface area (Å²) >= 11 is 4.61. The van der Waals surface area contributed by atoms with Crippen LogP contribution in [0.5, 0.6) is 5.75 Å². The van der Waals surface area contributed by atoms with Gasteiger partial charge in [-0.15, -0.1) is 10.2 Å². The fourth-order valence-electron chi connectivity index (χ4n) is 2.47. The molecule has 0 atom stereocenters. The van der Waals surface area contributed by atoms with Gasteiger partial charge in [0.05, 0.1) is 5.71 Å². The molecule has 3 aromatic rings. The second kappa shape index (κ2) is 7.88. The van der Waals surface area contributed by atoms with Gasteiger partial charge in [0.2, 0.25) is 11.0 Å². The first kappa shape index (κ1) is 18.9. The third-order valence-electron chi connectivity index (χ3n) is 3.77. The van der Waals surface area contributed by atoms with E-state index in [9.17, 15) is 8.78 Å². The Morgan fingerprint density at radius 3 is 2.93 bits per heavy atom. The number of ether oxygens (including phenoxy) is 1. The van der Waals surface area contributed by atoms with Crippen LogP contribution in [0.2, 0.25) is 0 Å². The van der Waals surface area contributed by atoms with E-state index in [0.717, 1.165) is 19.8 Å². The summed E-state index contributed by atoms with van der Waals surface area (Å²) in [4.78, 5) is 0.745. The molecule has 6 nitrogen and oxygen atoms in total. The molecular formula is C18H13BrF2N4O2S. The number of rotatable bonds is 5. The van der Waals surface area contributed by atoms with Crippen LogP contribution >= 0.6 is 27.7 Å². The number of benzene rings is 1. The average molecular weight is 467 g/mol. The highest BCUT2D eigenvalue weighted by molar-refractivity contribution is 9.10. The molecule has 0 saturated heterocycles. The Balaban J connectivity index is 1.48. The van der Waals surface area contributed by atoms with Crippen molar-refractivity contribution in [2.75, 3.05) is 0 Å². The van der Waals surface area contributed by atoms with E-state index >= 15 is 0 Å². The third-order valence-corrected chi connectivity index (χ3v) is 5.34. The molecule has 0 radical (unpaired) electrons. The Morgan fingerprint density at radius 2 is 2.14 bits per heavy atom. The predicted octanol–water partition coefficient (Wildman–Crippen LogP) is 5.52. The molecule has 0 N–H and O–H groups in total. The quantitative estimate of drug-likeness (QED) is 0.495. The maximum Gasteiger partial charge on any atom is 0.299 e. The molecule has 0 saturated carbocycles. The van der Waals surface area contributed by atoms with E-state index in [1.54, 1.807) is 13.0 Å². The molecule has 28 heavy (non-hydrogen) atoms. The highest BCUT2D eigenvalue weighted by Gasteiger charge is 2.25. The lowest BCUT2D eigenvalue weighted by Crippen LogP contribution is -2.09. The maximum absolute atomic E-state index is 12.9. The smallest absolute Gasteiger partial charge is 0.299 e. The molecule has 0 aliphatic carbocycles. The van der Waals surface area contributed by atoms with Gasteiger partial charge in [-0.2, -0.15) is 9.78 Å². The summed E-state index contributed by atoms with van der Waals surface area (Å²) in [6, 6.07) is 11.2. The monoisotopic (exact) mass is 466 g/mol. The lowest BCUT2D eigenvalue weighted by atomic mass is 10.3. The van der Waals surface area contributed by atoms with E-state index < -0.39 is 12.2 Å². The van der Waals surface area contributed by atoms with Gasteiger partial charge < -0.3 is 9.15 Å². The van der Waals surface area contributed by atoms with E-state index in [2.05, 4.69) is 31.2 Å². The Labute approximate surface area is 171 Å². The Hall–Kier alpha value is -2.46. The van der Waals surface area contributed by atoms with Crippen molar-refractivity contribution in [3.8, 4) is 5.75 Å². The topological polar surface area (TPSA) is 65.4 Å². The van der Waals surface area contributed by atoms with Crippen LogP contribution < -0.4 is 4.74 Å². The first-order valence-electron chi connectivity index (χ1n) is 8.15. The Bertz CT molecular complexity index is 1080. The van der Waals surface area contributed by atoms with Crippen molar-refractivity contribution in [3.05, 3.63) is 63.1 Å². The number of aromatic nitrogens is 3. The summed E-state index contributed by atoms with van der Waals surface area (Å²) in [5, 5.41) is 11.7. The van der Waals surface area contributed by atoms with Gasteiger partial charge in [-0.05, 0) is 55.1 Å². The fraction of sp³-hybridized carbons (Fsp3) is 0.167. The second-order valence-corrected chi connectivity index (χ2v) is 7.72. The van der Waals surface area contributed by atoms with Gasteiger partial charge in [0.1, 0.15) is 23.9 Å². The molecule has 0 amide bonds. The number of fused-ring (bicyclic) bond motifs is 1. The van der Waals surface area contributed by atoms with Gasteiger partial charge in [0.15, 0.2) is 0 Å². The molecule has 10 heteroatoms. The van der Waals surface area contributed by atoms with Gasteiger partial charge in [-0.3, -0.25) is 0 Å². The molecule has 1 aliphatic rings. The molecule has 0 fully saturated rings. The van der Waals surface area contributed by atoms with Gasteiger partial charge >= 0.3 is 0 Å². The third kappa shape index (κ3) is 4.02. The van der Waals surface area contributed by atoms with Gasteiger partial charge in [-0.1, -0.05) is 22.0 Å². The zero-order valence-corrected chi connectivity index (χ0v) is 16.9. The number of allylic oxidation sites excluding steroid dienone is 1. The standard InChI is InChI=1S/C18H13BrF2N4O2S/c1-10-15(28-18-23-22-17(16(20)21)25(18)24-10)8-13-5-6-14(27-13)9-26-12-4-2-3-11(19)7-12/h2-8,16H,9H2,1H3. The summed E-state index contributed by atoms with van der Waals surface area (Å²) in [6.07, 6.45) is -0.950. The van der Waals surface area contributed by atoms with Crippen LogP contribution in [0.1, 0.15) is 30.7 Å². The molecule has 1 aromatic carbocycles. The fourth-order valence-corrected chi connectivity index (χ4v) is 3.71. The number of furan rings is 1. The maximum atomic E-state index is 12.9. The molecule has 2 aromatic heterocycles. The number of halogens is 3. The summed E-state index contributed by atoms with van der Waals surface area (Å²) < 4.78 is 39.3. The van der Waals surface area contributed by atoms with Crippen molar-refractivity contribution >= 4 is 39.5 Å². The van der Waals surface area contributed by atoms with E-state index in [0.29, 0.717) is 17.2 Å². The Kier molecular flexibility index (Phi) is 5.31. The Morgan fingerprint density at radius 1 is 1.29 bits per heavy atom. The second-order valence-electron chi connectivity index (χ2n) is 5.80. The number of hydrogen-bond donors (Lipinski definition) is 0. The van der Waals surface area contributed by atoms with E-state index in [4.69, 9.17) is 9.15 Å². The molecule has 4 rings (SSSR count). The van der Waals surface area contributed by atoms with Crippen molar-refractivity contribution in [2.24, 2.45) is 5.10 Å².